The van der Waals surface area contributed by atoms with Gasteiger partial charge in [-0.15, -0.1) is 0 Å². The number of hydrogen-bond donors (Lipinski definition) is 3. The molecule has 2 saturated heterocycles. The zero-order valence-electron chi connectivity index (χ0n) is 12.4. The van der Waals surface area contributed by atoms with Crippen molar-refractivity contribution in [2.24, 2.45) is 0 Å². The quantitative estimate of drug-likeness (QED) is 0.748. The number of carbonyl (C=O) groups is 2. The zero-order chi connectivity index (χ0) is 15.5. The average molecular weight is 307 g/mol. The molecule has 0 spiro atoms. The van der Waals surface area contributed by atoms with Gasteiger partial charge in [0.25, 0.3) is 5.91 Å². The normalized spacial score (nSPS) is 26.1. The number of aromatic amines is 1. The van der Waals surface area contributed by atoms with Crippen LogP contribution >= 0.6 is 0 Å². The summed E-state index contributed by atoms with van der Waals surface area (Å²) in [5.41, 5.74) is 0. The number of imidazole rings is 1. The molecule has 8 nitrogen and oxygen atoms in total. The van der Waals surface area contributed by atoms with Crippen LogP contribution in [0.5, 0.6) is 0 Å². The summed E-state index contributed by atoms with van der Waals surface area (Å²) in [7, 11) is 0. The number of piperidine rings is 1. The lowest BCUT2D eigenvalue weighted by Gasteiger charge is -2.36. The van der Waals surface area contributed by atoms with E-state index in [-0.39, 0.29) is 18.0 Å². The van der Waals surface area contributed by atoms with Crippen LogP contribution in [0.2, 0.25) is 0 Å². The van der Waals surface area contributed by atoms with Crippen LogP contribution in [0.1, 0.15) is 29.9 Å². The Labute approximate surface area is 128 Å². The van der Waals surface area contributed by atoms with E-state index in [0.717, 1.165) is 32.4 Å². The van der Waals surface area contributed by atoms with Crippen LogP contribution in [0.15, 0.2) is 12.4 Å². The first kappa shape index (κ1) is 14.8. The highest BCUT2D eigenvalue weighted by Gasteiger charge is 2.33. The number of rotatable bonds is 3. The van der Waals surface area contributed by atoms with Crippen molar-refractivity contribution < 1.29 is 14.7 Å². The van der Waals surface area contributed by atoms with Gasteiger partial charge in [0.2, 0.25) is 0 Å². The van der Waals surface area contributed by atoms with Gasteiger partial charge in [0.15, 0.2) is 5.82 Å². The number of hydrogen-bond acceptors (Lipinski definition) is 4. The van der Waals surface area contributed by atoms with Gasteiger partial charge < -0.3 is 20.3 Å². The summed E-state index contributed by atoms with van der Waals surface area (Å²) in [4.78, 5) is 33.6. The number of nitrogens with one attached hydrogen (secondary N) is 2. The molecule has 0 aromatic carbocycles. The molecule has 8 heteroatoms. The lowest BCUT2D eigenvalue weighted by Crippen LogP contribution is -2.49. The number of likely N-dealkylation sites (tertiary alicyclic amines) is 2. The van der Waals surface area contributed by atoms with E-state index in [0.29, 0.717) is 18.9 Å². The van der Waals surface area contributed by atoms with Gasteiger partial charge in [0, 0.05) is 50.7 Å². The van der Waals surface area contributed by atoms with Crippen molar-refractivity contribution in [2.45, 2.75) is 31.3 Å². The number of carboxylic acid groups (broad SMARTS) is 1. The summed E-state index contributed by atoms with van der Waals surface area (Å²) in [5.74, 6) is 0.140. The fraction of sp³-hybridized carbons (Fsp3) is 0.643. The van der Waals surface area contributed by atoms with Crippen molar-refractivity contribution in [3.63, 3.8) is 0 Å². The van der Waals surface area contributed by atoms with Gasteiger partial charge in [-0.25, -0.2) is 9.78 Å². The van der Waals surface area contributed by atoms with Crippen LogP contribution in [0.25, 0.3) is 0 Å². The van der Waals surface area contributed by atoms with E-state index >= 15 is 0 Å². The zero-order valence-corrected chi connectivity index (χ0v) is 12.4. The summed E-state index contributed by atoms with van der Waals surface area (Å²) >= 11 is 0. The third kappa shape index (κ3) is 3.22. The molecule has 2 aliphatic heterocycles. The Morgan fingerprint density at radius 1 is 1.32 bits per heavy atom. The van der Waals surface area contributed by atoms with Crippen molar-refractivity contribution in [2.75, 3.05) is 26.2 Å². The highest BCUT2D eigenvalue weighted by molar-refractivity contribution is 5.90. The van der Waals surface area contributed by atoms with Gasteiger partial charge in [-0.1, -0.05) is 0 Å². The molecular formula is C14H21N5O3. The van der Waals surface area contributed by atoms with Gasteiger partial charge in [0.1, 0.15) is 0 Å². The summed E-state index contributed by atoms with van der Waals surface area (Å²) in [6.45, 7) is 2.85. The highest BCUT2D eigenvalue weighted by atomic mass is 16.4. The third-order valence-electron chi connectivity index (χ3n) is 4.45. The molecule has 120 valence electrons. The molecule has 0 aliphatic carbocycles. The van der Waals surface area contributed by atoms with Crippen LogP contribution < -0.4 is 5.32 Å². The molecule has 3 rings (SSSR count). The Morgan fingerprint density at radius 2 is 2.18 bits per heavy atom. The van der Waals surface area contributed by atoms with E-state index in [4.69, 9.17) is 5.11 Å². The van der Waals surface area contributed by atoms with E-state index in [2.05, 4.69) is 20.2 Å². The minimum Gasteiger partial charge on any atom is -0.465 e. The van der Waals surface area contributed by atoms with E-state index in [9.17, 15) is 9.59 Å². The molecule has 1 aromatic heterocycles. The molecule has 2 atom stereocenters. The molecule has 2 fully saturated rings. The molecule has 0 saturated carbocycles. The van der Waals surface area contributed by atoms with Crippen molar-refractivity contribution in [1.82, 2.24) is 25.1 Å². The Balaban J connectivity index is 1.51. The van der Waals surface area contributed by atoms with Crippen LogP contribution in [0.4, 0.5) is 4.79 Å². The van der Waals surface area contributed by atoms with Crippen molar-refractivity contribution in [1.29, 1.82) is 0 Å². The number of H-pyrrole nitrogens is 1. The molecule has 0 bridgehead atoms. The maximum absolute atomic E-state index is 12.0. The Hall–Kier alpha value is -2.09. The van der Waals surface area contributed by atoms with Crippen LogP contribution in [0, 0.1) is 0 Å². The molecule has 2 amide bonds. The largest absolute Gasteiger partial charge is 0.465 e. The maximum atomic E-state index is 12.0. The minimum absolute atomic E-state index is 0.0952. The Bertz CT molecular complexity index is 533. The summed E-state index contributed by atoms with van der Waals surface area (Å²) in [5, 5.41) is 12.1. The van der Waals surface area contributed by atoms with Crippen LogP contribution in [0.3, 0.4) is 0 Å². The number of carbonyl (C=O) groups excluding carboxylic acids is 1. The lowest BCUT2D eigenvalue weighted by molar-refractivity contribution is 0.0904. The van der Waals surface area contributed by atoms with Crippen molar-refractivity contribution in [3.8, 4) is 0 Å². The maximum Gasteiger partial charge on any atom is 0.407 e. The van der Waals surface area contributed by atoms with Crippen LogP contribution in [-0.2, 0) is 0 Å². The standard InChI is InChI=1S/C14H21N5O3/c20-13(12-15-4-5-16-12)17-10-3-7-18(8-10)11-2-1-6-19(9-11)14(21)22/h4-5,10-11H,1-3,6-9H2,(H,15,16)(H,17,20)(H,21,22). The number of nitrogens with zero attached hydrogens (tertiary/aromatic N) is 3. The predicted octanol–water partition coefficient (Wildman–Crippen LogP) is 0.356. The predicted molar refractivity (Wildman–Crippen MR) is 78.7 cm³/mol. The fourth-order valence-corrected chi connectivity index (χ4v) is 3.31. The summed E-state index contributed by atoms with van der Waals surface area (Å²) in [6.07, 6.45) is 5.14. The second-order valence-electron chi connectivity index (χ2n) is 5.92. The molecule has 22 heavy (non-hydrogen) atoms. The van der Waals surface area contributed by atoms with Gasteiger partial charge in [0.05, 0.1) is 0 Å². The SMILES string of the molecule is O=C(NC1CCN(C2CCCN(C(=O)O)C2)C1)c1ncc[nH]1. The first-order valence-electron chi connectivity index (χ1n) is 7.65. The van der Waals surface area contributed by atoms with E-state index in [1.165, 1.54) is 4.90 Å². The molecular weight excluding hydrogens is 286 g/mol. The monoisotopic (exact) mass is 307 g/mol. The second kappa shape index (κ2) is 6.35. The van der Waals surface area contributed by atoms with Gasteiger partial charge in [-0.3, -0.25) is 9.69 Å². The molecule has 2 unspecified atom stereocenters. The molecule has 0 radical (unpaired) electrons. The summed E-state index contributed by atoms with van der Waals surface area (Å²) in [6, 6.07) is 0.355. The summed E-state index contributed by atoms with van der Waals surface area (Å²) < 4.78 is 0. The van der Waals surface area contributed by atoms with Gasteiger partial charge in [-0.2, -0.15) is 0 Å². The molecule has 3 N–H and O–H groups in total. The minimum atomic E-state index is -0.841. The first-order chi connectivity index (χ1) is 10.6. The second-order valence-corrected chi connectivity index (χ2v) is 5.92. The fourth-order valence-electron chi connectivity index (χ4n) is 3.31. The smallest absolute Gasteiger partial charge is 0.407 e. The first-order valence-corrected chi connectivity index (χ1v) is 7.65. The Kier molecular flexibility index (Phi) is 4.28. The molecule has 2 aliphatic rings. The number of aromatic nitrogens is 2. The van der Waals surface area contributed by atoms with E-state index in [1.54, 1.807) is 12.4 Å². The van der Waals surface area contributed by atoms with Gasteiger partial charge in [-0.05, 0) is 19.3 Å². The molecule has 1 aromatic rings. The van der Waals surface area contributed by atoms with E-state index in [1.807, 2.05) is 0 Å². The van der Waals surface area contributed by atoms with Crippen molar-refractivity contribution >= 4 is 12.0 Å². The third-order valence-corrected chi connectivity index (χ3v) is 4.45. The topological polar surface area (TPSA) is 102 Å². The Morgan fingerprint density at radius 3 is 2.91 bits per heavy atom. The molecule has 3 heterocycles. The lowest BCUT2D eigenvalue weighted by atomic mass is 10.1. The highest BCUT2D eigenvalue weighted by Crippen LogP contribution is 2.21. The number of amides is 2. The average Bonchev–Trinajstić information content (AvgIpc) is 3.19. The van der Waals surface area contributed by atoms with E-state index < -0.39 is 6.09 Å². The van der Waals surface area contributed by atoms with Crippen molar-refractivity contribution in [3.05, 3.63) is 18.2 Å². The van der Waals surface area contributed by atoms with Crippen LogP contribution in [-0.4, -0.2) is 75.1 Å². The van der Waals surface area contributed by atoms with Gasteiger partial charge >= 0.3 is 6.09 Å².